The molecule has 0 aliphatic carbocycles. The largest absolute Gasteiger partial charge is 0.410 e. The molecule has 0 aromatic heterocycles. The molecule has 1 saturated heterocycles. The second-order valence-electron chi connectivity index (χ2n) is 2.39. The maximum Gasteiger partial charge on any atom is 0.410 e. The van der Waals surface area contributed by atoms with Gasteiger partial charge in [0.15, 0.2) is 0 Å². The van der Waals surface area contributed by atoms with Crippen LogP contribution in [0.5, 0.6) is 0 Å². The molecule has 0 aromatic carbocycles. The third-order valence-corrected chi connectivity index (χ3v) is 2.53. The van der Waals surface area contributed by atoms with E-state index in [9.17, 15) is 22.8 Å². The second-order valence-corrected chi connectivity index (χ2v) is 3.51. The molecule has 2 atom stereocenters. The van der Waals surface area contributed by atoms with Crippen molar-refractivity contribution in [1.82, 2.24) is 5.32 Å². The Balaban J connectivity index is 2.84. The number of nitrogens with one attached hydrogen (secondary N) is 1. The maximum atomic E-state index is 12.1. The van der Waals surface area contributed by atoms with Gasteiger partial charge in [-0.15, -0.1) is 0 Å². The van der Waals surface area contributed by atoms with E-state index in [-0.39, 0.29) is 11.8 Å². The third-order valence-electron chi connectivity index (χ3n) is 1.44. The average molecular weight is 214 g/mol. The summed E-state index contributed by atoms with van der Waals surface area (Å²) in [4.78, 5) is 21.1. The van der Waals surface area contributed by atoms with Crippen LogP contribution in [0, 0.1) is 0 Å². The van der Waals surface area contributed by atoms with Crippen LogP contribution in [0.25, 0.3) is 0 Å². The monoisotopic (exact) mass is 214 g/mol. The number of alkyl halides is 3. The minimum Gasteiger partial charge on any atom is -0.369 e. The Labute approximate surface area is 75.0 Å². The highest BCUT2D eigenvalue weighted by atomic mass is 32.2. The Hall–Kier alpha value is -0.920. The number of hydrogen-bond donors (Lipinski definition) is 2. The first-order valence-electron chi connectivity index (χ1n) is 3.15. The first-order valence-corrected chi connectivity index (χ1v) is 4.03. The fourth-order valence-electron chi connectivity index (χ4n) is 0.896. The summed E-state index contributed by atoms with van der Waals surface area (Å²) >= 11 is 0.264. The number of carbonyl (C=O) groups is 2. The number of carbonyl (C=O) groups excluding carboxylic acids is 2. The highest BCUT2D eigenvalue weighted by molar-refractivity contribution is 8.15. The summed E-state index contributed by atoms with van der Waals surface area (Å²) in [6.45, 7) is 0. The zero-order valence-corrected chi connectivity index (χ0v) is 6.91. The van der Waals surface area contributed by atoms with Gasteiger partial charge in [-0.05, 0) is 11.8 Å². The molecular weight excluding hydrogens is 209 g/mol. The van der Waals surface area contributed by atoms with Crippen molar-refractivity contribution in [2.45, 2.75) is 17.5 Å². The summed E-state index contributed by atoms with van der Waals surface area (Å²) in [5.41, 5.74) is 4.70. The lowest BCUT2D eigenvalue weighted by Crippen LogP contribution is -2.48. The quantitative estimate of drug-likeness (QED) is 0.656. The molecule has 0 saturated carbocycles. The number of halogens is 3. The Kier molecular flexibility index (Phi) is 2.42. The van der Waals surface area contributed by atoms with Crippen molar-refractivity contribution < 1.29 is 22.8 Å². The van der Waals surface area contributed by atoms with Crippen LogP contribution < -0.4 is 11.1 Å². The number of nitrogens with two attached hydrogens (primary N) is 1. The minimum absolute atomic E-state index is 0.264. The Morgan fingerprint density at radius 2 is 2.08 bits per heavy atom. The van der Waals surface area contributed by atoms with Crippen LogP contribution in [0.2, 0.25) is 0 Å². The summed E-state index contributed by atoms with van der Waals surface area (Å²) in [5, 5.41) is -0.822. The van der Waals surface area contributed by atoms with Gasteiger partial charge < -0.3 is 11.1 Å². The fourth-order valence-corrected chi connectivity index (χ4v) is 1.80. The maximum absolute atomic E-state index is 12.1. The molecule has 2 amide bonds. The number of thioether (sulfide) groups is 1. The number of amides is 2. The topological polar surface area (TPSA) is 72.2 Å². The summed E-state index contributed by atoms with van der Waals surface area (Å²) in [5.74, 6) is -1.15. The first kappa shape index (κ1) is 10.2. The Morgan fingerprint density at radius 3 is 2.38 bits per heavy atom. The smallest absolute Gasteiger partial charge is 0.369 e. The van der Waals surface area contributed by atoms with Crippen molar-refractivity contribution in [1.29, 1.82) is 0 Å². The van der Waals surface area contributed by atoms with Gasteiger partial charge in [-0.25, -0.2) is 0 Å². The van der Waals surface area contributed by atoms with Crippen LogP contribution in [-0.4, -0.2) is 28.6 Å². The van der Waals surface area contributed by atoms with Crippen molar-refractivity contribution in [2.24, 2.45) is 5.73 Å². The highest BCUT2D eigenvalue weighted by Gasteiger charge is 2.52. The average Bonchev–Trinajstić information content (AvgIpc) is 2.29. The summed E-state index contributed by atoms with van der Waals surface area (Å²) in [6, 6.07) is -2.16. The van der Waals surface area contributed by atoms with Gasteiger partial charge in [0.25, 0.3) is 5.24 Å². The van der Waals surface area contributed by atoms with Gasteiger partial charge in [-0.2, -0.15) is 13.2 Å². The lowest BCUT2D eigenvalue weighted by atomic mass is 10.2. The standard InChI is InChI=1S/C5H5F3N2O2S/c6-5(7,8)2-1(3(9)11)13-4(12)10-2/h1-2H,(H2,9,11)(H,10,12). The lowest BCUT2D eigenvalue weighted by Gasteiger charge is -2.17. The molecule has 1 aliphatic heterocycles. The van der Waals surface area contributed by atoms with Crippen molar-refractivity contribution in [2.75, 3.05) is 0 Å². The zero-order valence-electron chi connectivity index (χ0n) is 6.09. The summed E-state index contributed by atoms with van der Waals surface area (Å²) in [7, 11) is 0. The van der Waals surface area contributed by atoms with Gasteiger partial charge >= 0.3 is 6.18 Å². The van der Waals surface area contributed by atoms with Crippen molar-refractivity contribution >= 4 is 22.9 Å². The van der Waals surface area contributed by atoms with Crippen LogP contribution >= 0.6 is 11.8 Å². The number of hydrogen-bond acceptors (Lipinski definition) is 3. The van der Waals surface area contributed by atoms with E-state index in [2.05, 4.69) is 0 Å². The molecule has 1 heterocycles. The normalized spacial score (nSPS) is 28.7. The second kappa shape index (κ2) is 3.09. The van der Waals surface area contributed by atoms with Crippen molar-refractivity contribution in [3.63, 3.8) is 0 Å². The van der Waals surface area contributed by atoms with E-state index in [0.29, 0.717) is 0 Å². The Morgan fingerprint density at radius 1 is 1.54 bits per heavy atom. The molecule has 1 fully saturated rings. The highest BCUT2D eigenvalue weighted by Crippen LogP contribution is 2.33. The van der Waals surface area contributed by atoms with E-state index in [1.54, 1.807) is 5.32 Å². The molecule has 0 aromatic rings. The predicted molar refractivity (Wildman–Crippen MR) is 38.9 cm³/mol. The molecule has 4 nitrogen and oxygen atoms in total. The first-order chi connectivity index (χ1) is 5.82. The van der Waals surface area contributed by atoms with E-state index in [1.165, 1.54) is 0 Å². The lowest BCUT2D eigenvalue weighted by molar-refractivity contribution is -0.155. The van der Waals surface area contributed by atoms with E-state index in [4.69, 9.17) is 5.73 Å². The molecular formula is C5H5F3N2O2S. The van der Waals surface area contributed by atoms with Crippen LogP contribution in [0.3, 0.4) is 0 Å². The molecule has 2 unspecified atom stereocenters. The van der Waals surface area contributed by atoms with Gasteiger partial charge in [0.1, 0.15) is 11.3 Å². The molecule has 74 valence electrons. The molecule has 0 radical (unpaired) electrons. The molecule has 1 rings (SSSR count). The molecule has 13 heavy (non-hydrogen) atoms. The van der Waals surface area contributed by atoms with Crippen LogP contribution in [-0.2, 0) is 4.79 Å². The van der Waals surface area contributed by atoms with Gasteiger partial charge in [-0.1, -0.05) is 0 Å². The molecule has 3 N–H and O–H groups in total. The van der Waals surface area contributed by atoms with Crippen LogP contribution in [0.15, 0.2) is 0 Å². The molecule has 1 aliphatic rings. The Bertz CT molecular complexity index is 255. The van der Waals surface area contributed by atoms with E-state index < -0.39 is 28.6 Å². The summed E-state index contributed by atoms with van der Waals surface area (Å²) in [6.07, 6.45) is -4.64. The van der Waals surface area contributed by atoms with Gasteiger partial charge in [0, 0.05) is 0 Å². The van der Waals surface area contributed by atoms with Crippen LogP contribution in [0.4, 0.5) is 18.0 Å². The van der Waals surface area contributed by atoms with E-state index in [0.717, 1.165) is 0 Å². The summed E-state index contributed by atoms with van der Waals surface area (Å²) < 4.78 is 36.3. The van der Waals surface area contributed by atoms with Gasteiger partial charge in [0.05, 0.1) is 0 Å². The van der Waals surface area contributed by atoms with Gasteiger partial charge in [-0.3, -0.25) is 9.59 Å². The van der Waals surface area contributed by atoms with Crippen LogP contribution in [0.1, 0.15) is 0 Å². The number of rotatable bonds is 1. The predicted octanol–water partition coefficient (Wildman–Crippen LogP) is 0.228. The van der Waals surface area contributed by atoms with Crippen molar-refractivity contribution in [3.8, 4) is 0 Å². The fraction of sp³-hybridized carbons (Fsp3) is 0.600. The van der Waals surface area contributed by atoms with Crippen molar-refractivity contribution in [3.05, 3.63) is 0 Å². The minimum atomic E-state index is -4.64. The molecule has 0 spiro atoms. The SMILES string of the molecule is NC(=O)C1SC(=O)NC1C(F)(F)F. The molecule has 0 bridgehead atoms. The van der Waals surface area contributed by atoms with E-state index in [1.807, 2.05) is 0 Å². The number of primary amides is 1. The van der Waals surface area contributed by atoms with Gasteiger partial charge in [0.2, 0.25) is 5.91 Å². The molecule has 8 heteroatoms. The third kappa shape index (κ3) is 2.06. The zero-order chi connectivity index (χ0) is 10.2. The van der Waals surface area contributed by atoms with E-state index >= 15 is 0 Å².